The molecule has 0 bridgehead atoms. The fraction of sp³-hybridized carbons (Fsp3) is 0.350. The van der Waals surface area contributed by atoms with Crippen molar-refractivity contribution in [2.45, 2.75) is 12.5 Å². The SMILES string of the molecule is I.NC(=NCC1Cc2ccccc2O1)N1CCN(c2ccc(F)cc2)CC1. The highest BCUT2D eigenvalue weighted by Gasteiger charge is 2.23. The second kappa shape index (κ2) is 8.77. The first-order valence-corrected chi connectivity index (χ1v) is 8.99. The second-order valence-electron chi connectivity index (χ2n) is 6.70. The highest BCUT2D eigenvalue weighted by atomic mass is 127. The van der Waals surface area contributed by atoms with Gasteiger partial charge in [-0.1, -0.05) is 18.2 Å². The molecule has 27 heavy (non-hydrogen) atoms. The van der Waals surface area contributed by atoms with E-state index in [4.69, 9.17) is 10.5 Å². The summed E-state index contributed by atoms with van der Waals surface area (Å²) in [7, 11) is 0. The number of rotatable bonds is 3. The number of anilines is 1. The van der Waals surface area contributed by atoms with Crippen LogP contribution in [0.2, 0.25) is 0 Å². The van der Waals surface area contributed by atoms with Crippen molar-refractivity contribution in [2.24, 2.45) is 10.7 Å². The number of hydrogen-bond acceptors (Lipinski definition) is 3. The third-order valence-corrected chi connectivity index (χ3v) is 4.97. The van der Waals surface area contributed by atoms with Crippen LogP contribution < -0.4 is 15.4 Å². The number of hydrogen-bond donors (Lipinski definition) is 1. The van der Waals surface area contributed by atoms with Gasteiger partial charge in [-0.2, -0.15) is 0 Å². The molecule has 0 saturated carbocycles. The Morgan fingerprint density at radius 3 is 2.48 bits per heavy atom. The van der Waals surface area contributed by atoms with Crippen LogP contribution >= 0.6 is 24.0 Å². The van der Waals surface area contributed by atoms with Crippen LogP contribution in [-0.4, -0.2) is 49.7 Å². The van der Waals surface area contributed by atoms with Crippen LogP contribution in [0.3, 0.4) is 0 Å². The van der Waals surface area contributed by atoms with Crippen LogP contribution in [-0.2, 0) is 6.42 Å². The van der Waals surface area contributed by atoms with Gasteiger partial charge < -0.3 is 20.3 Å². The zero-order valence-electron chi connectivity index (χ0n) is 15.1. The Morgan fingerprint density at radius 1 is 1.07 bits per heavy atom. The zero-order chi connectivity index (χ0) is 17.9. The van der Waals surface area contributed by atoms with Gasteiger partial charge in [-0.25, -0.2) is 9.38 Å². The lowest BCUT2D eigenvalue weighted by Crippen LogP contribution is -2.51. The van der Waals surface area contributed by atoms with Gasteiger partial charge >= 0.3 is 0 Å². The van der Waals surface area contributed by atoms with Crippen LogP contribution in [0.15, 0.2) is 53.5 Å². The summed E-state index contributed by atoms with van der Waals surface area (Å²) in [6.45, 7) is 3.86. The highest BCUT2D eigenvalue weighted by molar-refractivity contribution is 14.0. The first-order valence-electron chi connectivity index (χ1n) is 8.99. The first-order chi connectivity index (χ1) is 12.7. The lowest BCUT2D eigenvalue weighted by atomic mass is 10.1. The summed E-state index contributed by atoms with van der Waals surface area (Å²) in [6, 6.07) is 14.7. The largest absolute Gasteiger partial charge is 0.488 e. The van der Waals surface area contributed by atoms with E-state index in [0.29, 0.717) is 12.5 Å². The van der Waals surface area contributed by atoms with Crippen LogP contribution in [0.25, 0.3) is 0 Å². The molecule has 144 valence electrons. The lowest BCUT2D eigenvalue weighted by Gasteiger charge is -2.36. The molecule has 2 aliphatic rings. The van der Waals surface area contributed by atoms with E-state index in [1.807, 2.05) is 30.3 Å². The molecule has 2 aromatic rings. The molecule has 0 aliphatic carbocycles. The molecule has 7 heteroatoms. The molecule has 5 nitrogen and oxygen atoms in total. The zero-order valence-corrected chi connectivity index (χ0v) is 17.4. The van der Waals surface area contributed by atoms with Crippen LogP contribution in [0.5, 0.6) is 5.75 Å². The molecule has 1 saturated heterocycles. The molecule has 1 unspecified atom stereocenters. The summed E-state index contributed by atoms with van der Waals surface area (Å²) in [6.07, 6.45) is 0.942. The number of ether oxygens (including phenoxy) is 1. The van der Waals surface area contributed by atoms with E-state index in [9.17, 15) is 4.39 Å². The van der Waals surface area contributed by atoms with Gasteiger partial charge in [-0.05, 0) is 35.9 Å². The summed E-state index contributed by atoms with van der Waals surface area (Å²) in [5.74, 6) is 1.32. The van der Waals surface area contributed by atoms with Crippen molar-refractivity contribution in [1.82, 2.24) is 4.90 Å². The number of piperazine rings is 1. The van der Waals surface area contributed by atoms with E-state index < -0.39 is 0 Å². The molecule has 0 aromatic heterocycles. The van der Waals surface area contributed by atoms with E-state index in [1.165, 1.54) is 17.7 Å². The molecule has 2 aliphatic heterocycles. The molecular weight excluding hydrogens is 458 g/mol. The molecular formula is C20H24FIN4O. The fourth-order valence-corrected chi connectivity index (χ4v) is 3.50. The minimum atomic E-state index is -0.208. The summed E-state index contributed by atoms with van der Waals surface area (Å²) in [5.41, 5.74) is 8.46. The number of guanidine groups is 1. The van der Waals surface area contributed by atoms with Crippen molar-refractivity contribution in [1.29, 1.82) is 0 Å². The molecule has 0 radical (unpaired) electrons. The van der Waals surface area contributed by atoms with Gasteiger partial charge in [-0.15, -0.1) is 24.0 Å². The Bertz CT molecular complexity index is 766. The van der Waals surface area contributed by atoms with E-state index in [0.717, 1.165) is 44.0 Å². The monoisotopic (exact) mass is 482 g/mol. The third-order valence-electron chi connectivity index (χ3n) is 4.97. The maximum Gasteiger partial charge on any atom is 0.191 e. The number of nitrogens with two attached hydrogens (primary N) is 1. The molecule has 2 N–H and O–H groups in total. The molecule has 1 atom stereocenters. The Hall–Kier alpha value is -2.03. The molecule has 0 amide bonds. The summed E-state index contributed by atoms with van der Waals surface area (Å²) >= 11 is 0. The predicted octanol–water partition coefficient (Wildman–Crippen LogP) is 2.88. The Labute approximate surface area is 176 Å². The highest BCUT2D eigenvalue weighted by Crippen LogP contribution is 2.28. The van der Waals surface area contributed by atoms with Crippen molar-refractivity contribution in [2.75, 3.05) is 37.6 Å². The standard InChI is InChI=1S/C20H23FN4O.HI/c21-16-5-7-17(8-6-16)24-9-11-25(12-10-24)20(22)23-14-18-13-15-3-1-2-4-19(15)26-18;/h1-8,18H,9-14H2,(H2,22,23);1H. The summed E-state index contributed by atoms with van der Waals surface area (Å²) in [4.78, 5) is 8.88. The molecule has 2 heterocycles. The average molecular weight is 482 g/mol. The van der Waals surface area contributed by atoms with E-state index in [-0.39, 0.29) is 35.9 Å². The van der Waals surface area contributed by atoms with Crippen molar-refractivity contribution in [3.63, 3.8) is 0 Å². The number of fused-ring (bicyclic) bond motifs is 1. The molecule has 0 spiro atoms. The van der Waals surface area contributed by atoms with Gasteiger partial charge in [0.25, 0.3) is 0 Å². The van der Waals surface area contributed by atoms with Gasteiger partial charge in [0.2, 0.25) is 0 Å². The normalized spacial score (nSPS) is 19.3. The van der Waals surface area contributed by atoms with Crippen LogP contribution in [0, 0.1) is 5.82 Å². The summed E-state index contributed by atoms with van der Waals surface area (Å²) in [5, 5.41) is 0. The number of benzene rings is 2. The van der Waals surface area contributed by atoms with Gasteiger partial charge in [0.1, 0.15) is 17.7 Å². The van der Waals surface area contributed by atoms with E-state index in [1.54, 1.807) is 0 Å². The molecule has 4 rings (SSSR count). The fourth-order valence-electron chi connectivity index (χ4n) is 3.50. The van der Waals surface area contributed by atoms with Crippen molar-refractivity contribution in [3.8, 4) is 5.75 Å². The Morgan fingerprint density at radius 2 is 1.78 bits per heavy atom. The van der Waals surface area contributed by atoms with E-state index >= 15 is 0 Å². The second-order valence-corrected chi connectivity index (χ2v) is 6.70. The Kier molecular flexibility index (Phi) is 6.41. The lowest BCUT2D eigenvalue weighted by molar-refractivity contribution is 0.241. The van der Waals surface area contributed by atoms with Crippen molar-refractivity contribution in [3.05, 3.63) is 59.9 Å². The van der Waals surface area contributed by atoms with Crippen molar-refractivity contribution < 1.29 is 9.13 Å². The maximum atomic E-state index is 13.1. The van der Waals surface area contributed by atoms with Crippen molar-refractivity contribution >= 4 is 35.6 Å². The van der Waals surface area contributed by atoms with Crippen LogP contribution in [0.1, 0.15) is 5.56 Å². The van der Waals surface area contributed by atoms with E-state index in [2.05, 4.69) is 20.9 Å². The Balaban J connectivity index is 0.00000210. The number of aliphatic imine (C=N–C) groups is 1. The number of halogens is 2. The quantitative estimate of drug-likeness (QED) is 0.416. The average Bonchev–Trinajstić information content (AvgIpc) is 3.10. The first kappa shape index (κ1) is 19.7. The topological polar surface area (TPSA) is 54.1 Å². The molecule has 1 fully saturated rings. The van der Waals surface area contributed by atoms with Gasteiger partial charge in [-0.3, -0.25) is 0 Å². The van der Waals surface area contributed by atoms with Gasteiger partial charge in [0.15, 0.2) is 5.96 Å². The minimum Gasteiger partial charge on any atom is -0.488 e. The molecule has 2 aromatic carbocycles. The predicted molar refractivity (Wildman–Crippen MR) is 117 cm³/mol. The maximum absolute atomic E-state index is 13.1. The third kappa shape index (κ3) is 4.63. The number of nitrogens with zero attached hydrogens (tertiary/aromatic N) is 3. The number of para-hydroxylation sites is 1. The van der Waals surface area contributed by atoms with Gasteiger partial charge in [0, 0.05) is 38.3 Å². The minimum absolute atomic E-state index is 0. The summed E-state index contributed by atoms with van der Waals surface area (Å²) < 4.78 is 19.0. The van der Waals surface area contributed by atoms with Gasteiger partial charge in [0.05, 0.1) is 6.54 Å². The smallest absolute Gasteiger partial charge is 0.191 e. The van der Waals surface area contributed by atoms with Crippen LogP contribution in [0.4, 0.5) is 10.1 Å².